The molecular formula is C17H11F3N2O2. The van der Waals surface area contributed by atoms with E-state index in [0.717, 1.165) is 12.1 Å². The van der Waals surface area contributed by atoms with Crippen LogP contribution in [-0.4, -0.2) is 21.0 Å². The predicted molar refractivity (Wildman–Crippen MR) is 83.0 cm³/mol. The monoisotopic (exact) mass is 332 g/mol. The minimum atomic E-state index is -4.65. The van der Waals surface area contributed by atoms with Crippen LogP contribution in [0, 0.1) is 0 Å². The van der Waals surface area contributed by atoms with E-state index < -0.39 is 23.3 Å². The summed E-state index contributed by atoms with van der Waals surface area (Å²) in [6.07, 6.45) is -0.361. The fourth-order valence-corrected chi connectivity index (χ4v) is 2.47. The summed E-state index contributed by atoms with van der Waals surface area (Å²) in [7, 11) is 0. The maximum absolute atomic E-state index is 13.2. The Balaban J connectivity index is 2.21. The Labute approximate surface area is 134 Å². The van der Waals surface area contributed by atoms with Gasteiger partial charge in [-0.3, -0.25) is 0 Å². The summed E-state index contributed by atoms with van der Waals surface area (Å²) in [5, 5.41) is 10.1. The molecule has 4 nitrogen and oxygen atoms in total. The van der Waals surface area contributed by atoms with Gasteiger partial charge in [0.15, 0.2) is 0 Å². The van der Waals surface area contributed by atoms with Gasteiger partial charge in [-0.05, 0) is 24.3 Å². The molecule has 122 valence electrons. The van der Waals surface area contributed by atoms with Crippen molar-refractivity contribution in [2.75, 3.05) is 0 Å². The number of alkyl halides is 3. The molecule has 0 amide bonds. The third-order valence-electron chi connectivity index (χ3n) is 3.54. The molecule has 24 heavy (non-hydrogen) atoms. The summed E-state index contributed by atoms with van der Waals surface area (Å²) >= 11 is 0. The first-order chi connectivity index (χ1) is 11.4. The lowest BCUT2D eigenvalue weighted by atomic mass is 9.97. The molecule has 2 heterocycles. The molecule has 1 aromatic carbocycles. The van der Waals surface area contributed by atoms with E-state index in [2.05, 4.69) is 9.97 Å². The minimum absolute atomic E-state index is 0.379. The predicted octanol–water partition coefficient (Wildman–Crippen LogP) is 4.21. The van der Waals surface area contributed by atoms with Crippen LogP contribution in [0.25, 0.3) is 22.7 Å². The number of H-pyrrole nitrogens is 1. The van der Waals surface area contributed by atoms with E-state index in [1.54, 1.807) is 18.3 Å². The highest BCUT2D eigenvalue weighted by Gasteiger charge is 2.34. The average molecular weight is 332 g/mol. The number of carboxylic acids is 1. The van der Waals surface area contributed by atoms with Gasteiger partial charge >= 0.3 is 12.1 Å². The summed E-state index contributed by atoms with van der Waals surface area (Å²) in [5.41, 5.74) is -0.829. The zero-order valence-electron chi connectivity index (χ0n) is 12.1. The number of pyridine rings is 1. The third kappa shape index (κ3) is 2.88. The van der Waals surface area contributed by atoms with E-state index in [1.807, 2.05) is 0 Å². The molecule has 0 radical (unpaired) electrons. The van der Waals surface area contributed by atoms with Crippen LogP contribution in [0.5, 0.6) is 0 Å². The molecule has 3 rings (SSSR count). The average Bonchev–Trinajstić information content (AvgIpc) is 2.94. The number of aromatic nitrogens is 2. The van der Waals surface area contributed by atoms with Crippen molar-refractivity contribution in [3.63, 3.8) is 0 Å². The third-order valence-corrected chi connectivity index (χ3v) is 3.54. The van der Waals surface area contributed by atoms with Gasteiger partial charge in [-0.2, -0.15) is 13.2 Å². The van der Waals surface area contributed by atoms with Crippen LogP contribution in [-0.2, 0) is 11.0 Å². The zero-order chi connectivity index (χ0) is 17.3. The molecule has 0 aliphatic carbocycles. The topological polar surface area (TPSA) is 66.0 Å². The second kappa shape index (κ2) is 5.84. The first kappa shape index (κ1) is 15.8. The highest BCUT2D eigenvalue weighted by molar-refractivity contribution is 6.22. The van der Waals surface area contributed by atoms with E-state index >= 15 is 0 Å². The van der Waals surface area contributed by atoms with Gasteiger partial charge in [-0.1, -0.05) is 18.2 Å². The summed E-state index contributed by atoms with van der Waals surface area (Å²) in [4.78, 5) is 18.5. The molecule has 0 atom stereocenters. The van der Waals surface area contributed by atoms with Crippen molar-refractivity contribution < 1.29 is 23.1 Å². The first-order valence-corrected chi connectivity index (χ1v) is 6.91. The van der Waals surface area contributed by atoms with Gasteiger partial charge in [-0.25, -0.2) is 9.78 Å². The Kier molecular flexibility index (Phi) is 3.84. The van der Waals surface area contributed by atoms with Crippen molar-refractivity contribution >= 4 is 28.7 Å². The van der Waals surface area contributed by atoms with Crippen LogP contribution >= 0.6 is 0 Å². The van der Waals surface area contributed by atoms with Gasteiger partial charge in [-0.15, -0.1) is 0 Å². The van der Waals surface area contributed by atoms with E-state index in [9.17, 15) is 23.1 Å². The number of carbonyl (C=O) groups is 1. The van der Waals surface area contributed by atoms with Crippen LogP contribution in [0.2, 0.25) is 0 Å². The fraction of sp³-hybridized carbons (Fsp3) is 0.0588. The molecule has 0 unspecified atom stereocenters. The van der Waals surface area contributed by atoms with Crippen molar-refractivity contribution in [2.24, 2.45) is 0 Å². The lowest BCUT2D eigenvalue weighted by Crippen LogP contribution is -2.11. The van der Waals surface area contributed by atoms with Gasteiger partial charge in [0.1, 0.15) is 5.65 Å². The van der Waals surface area contributed by atoms with E-state index in [-0.39, 0.29) is 5.56 Å². The molecule has 0 saturated carbocycles. The largest absolute Gasteiger partial charge is 0.478 e. The van der Waals surface area contributed by atoms with Gasteiger partial charge in [0, 0.05) is 28.9 Å². The van der Waals surface area contributed by atoms with Crippen molar-refractivity contribution in [3.05, 3.63) is 65.5 Å². The van der Waals surface area contributed by atoms with E-state index in [0.29, 0.717) is 16.6 Å². The van der Waals surface area contributed by atoms with Crippen LogP contribution in [0.15, 0.2) is 48.8 Å². The Morgan fingerprint density at radius 3 is 2.62 bits per heavy atom. The second-order valence-electron chi connectivity index (χ2n) is 5.05. The Hall–Kier alpha value is -3.09. The molecule has 0 fully saturated rings. The lowest BCUT2D eigenvalue weighted by molar-refractivity contribution is -0.137. The number of carboxylic acid groups (broad SMARTS) is 1. The van der Waals surface area contributed by atoms with E-state index in [1.165, 1.54) is 24.4 Å². The molecule has 3 aromatic rings. The van der Waals surface area contributed by atoms with Crippen molar-refractivity contribution in [2.45, 2.75) is 6.18 Å². The number of halogens is 3. The van der Waals surface area contributed by atoms with E-state index in [4.69, 9.17) is 0 Å². The van der Waals surface area contributed by atoms with Crippen LogP contribution < -0.4 is 0 Å². The lowest BCUT2D eigenvalue weighted by Gasteiger charge is -2.13. The summed E-state index contributed by atoms with van der Waals surface area (Å²) in [6.45, 7) is 0. The van der Waals surface area contributed by atoms with Gasteiger partial charge in [0.05, 0.1) is 11.1 Å². The van der Waals surface area contributed by atoms with Gasteiger partial charge < -0.3 is 10.1 Å². The summed E-state index contributed by atoms with van der Waals surface area (Å²) < 4.78 is 39.5. The molecular weight excluding hydrogens is 321 g/mol. The number of benzene rings is 1. The quantitative estimate of drug-likeness (QED) is 0.706. The van der Waals surface area contributed by atoms with Gasteiger partial charge in [0.25, 0.3) is 0 Å². The number of aliphatic carboxylic acids is 1. The molecule has 0 bridgehead atoms. The molecule has 0 spiro atoms. The van der Waals surface area contributed by atoms with Gasteiger partial charge in [0.2, 0.25) is 0 Å². The van der Waals surface area contributed by atoms with Crippen LogP contribution in [0.3, 0.4) is 0 Å². The SMILES string of the molecule is O=C(O)C(=Cc1c[nH]c2ncccc12)c1ccccc1C(F)(F)F. The number of nitrogens with one attached hydrogen (secondary N) is 1. The summed E-state index contributed by atoms with van der Waals surface area (Å²) in [5.74, 6) is -1.44. The smallest absolute Gasteiger partial charge is 0.417 e. The summed E-state index contributed by atoms with van der Waals surface area (Å²) in [6, 6.07) is 7.98. The Morgan fingerprint density at radius 2 is 1.92 bits per heavy atom. The van der Waals surface area contributed by atoms with Crippen LogP contribution in [0.1, 0.15) is 16.7 Å². The molecule has 0 saturated heterocycles. The molecule has 0 aliphatic heterocycles. The number of hydrogen-bond acceptors (Lipinski definition) is 2. The standard InChI is InChI=1S/C17H11F3N2O2/c18-17(19,20)14-6-2-1-4-12(14)13(16(23)24)8-10-9-22-15-11(10)5-3-7-21-15/h1-9H,(H,21,22)(H,23,24). The highest BCUT2D eigenvalue weighted by atomic mass is 19.4. The fourth-order valence-electron chi connectivity index (χ4n) is 2.47. The molecule has 2 aromatic heterocycles. The zero-order valence-corrected chi connectivity index (χ0v) is 12.1. The Bertz CT molecular complexity index is 942. The number of rotatable bonds is 3. The Morgan fingerprint density at radius 1 is 1.17 bits per heavy atom. The normalized spacial score (nSPS) is 12.5. The molecule has 0 aliphatic rings. The number of fused-ring (bicyclic) bond motifs is 1. The minimum Gasteiger partial charge on any atom is -0.478 e. The first-order valence-electron chi connectivity index (χ1n) is 6.91. The van der Waals surface area contributed by atoms with Crippen molar-refractivity contribution in [1.82, 2.24) is 9.97 Å². The molecule has 7 heteroatoms. The highest BCUT2D eigenvalue weighted by Crippen LogP contribution is 2.36. The maximum atomic E-state index is 13.2. The number of hydrogen-bond donors (Lipinski definition) is 2. The van der Waals surface area contributed by atoms with Crippen molar-refractivity contribution in [1.29, 1.82) is 0 Å². The second-order valence-corrected chi connectivity index (χ2v) is 5.05. The van der Waals surface area contributed by atoms with Crippen molar-refractivity contribution in [3.8, 4) is 0 Å². The number of nitrogens with zero attached hydrogens (tertiary/aromatic N) is 1. The number of aromatic amines is 1. The maximum Gasteiger partial charge on any atom is 0.417 e. The van der Waals surface area contributed by atoms with Crippen LogP contribution in [0.4, 0.5) is 13.2 Å². The molecule has 2 N–H and O–H groups in total.